The van der Waals surface area contributed by atoms with Crippen LogP contribution in [0, 0.1) is 17.8 Å². The van der Waals surface area contributed by atoms with Crippen LogP contribution in [-0.4, -0.2) is 28.5 Å². The van der Waals surface area contributed by atoms with Crippen LogP contribution in [0.3, 0.4) is 0 Å². The summed E-state index contributed by atoms with van der Waals surface area (Å²) in [5, 5.41) is 2.15. The van der Waals surface area contributed by atoms with Crippen LogP contribution in [0.15, 0.2) is 24.4 Å². The Labute approximate surface area is 187 Å². The van der Waals surface area contributed by atoms with Gasteiger partial charge in [0, 0.05) is 24.1 Å². The van der Waals surface area contributed by atoms with Crippen molar-refractivity contribution in [2.24, 2.45) is 17.8 Å². The molecule has 2 aromatic rings. The molecule has 1 heterocycles. The average Bonchev–Trinajstić information content (AvgIpc) is 2.71. The zero-order chi connectivity index (χ0) is 22.7. The number of hydrogen-bond acceptors (Lipinski definition) is 6. The number of anilines is 2. The van der Waals surface area contributed by atoms with Gasteiger partial charge in [0.25, 0.3) is 0 Å². The molecule has 0 radical (unpaired) electrons. The zero-order valence-electron chi connectivity index (χ0n) is 17.2. The molecule has 4 saturated carbocycles. The van der Waals surface area contributed by atoms with Gasteiger partial charge in [0.15, 0.2) is 0 Å². The molecule has 4 fully saturated rings. The number of nitrogens with zero attached hydrogens (tertiary/aromatic N) is 2. The van der Waals surface area contributed by atoms with E-state index in [1.807, 2.05) is 0 Å². The minimum absolute atomic E-state index is 0.0884. The lowest BCUT2D eigenvalue weighted by molar-refractivity contribution is -0.156. The number of carbonyl (C=O) groups is 1. The summed E-state index contributed by atoms with van der Waals surface area (Å²) in [6.45, 7) is 0. The fraction of sp³-hybridized carbons (Fsp3) is 0.500. The number of aromatic nitrogens is 2. The average molecular weight is 468 g/mol. The van der Waals surface area contributed by atoms with Crippen LogP contribution in [0.4, 0.5) is 24.8 Å². The third-order valence-electron chi connectivity index (χ3n) is 6.74. The molecule has 4 bridgehead atoms. The Morgan fingerprint density at radius 2 is 1.91 bits per heavy atom. The van der Waals surface area contributed by atoms with Crippen molar-refractivity contribution in [2.75, 3.05) is 12.4 Å². The van der Waals surface area contributed by atoms with Gasteiger partial charge >= 0.3 is 6.18 Å². The Morgan fingerprint density at radius 3 is 2.53 bits per heavy atom. The van der Waals surface area contributed by atoms with Crippen molar-refractivity contribution in [3.63, 3.8) is 0 Å². The second-order valence-electron chi connectivity index (χ2n) is 8.91. The van der Waals surface area contributed by atoms with Gasteiger partial charge in [0.05, 0.1) is 12.8 Å². The Kier molecular flexibility index (Phi) is 5.00. The number of benzene rings is 1. The molecule has 1 aromatic carbocycles. The summed E-state index contributed by atoms with van der Waals surface area (Å²) >= 11 is 5.68. The summed E-state index contributed by atoms with van der Waals surface area (Å²) in [4.78, 5) is 19.8. The maximum atomic E-state index is 12.9. The number of carbonyl (C=O) groups excluding carboxylic acids is 1. The molecule has 2 unspecified atom stereocenters. The predicted octanol–water partition coefficient (Wildman–Crippen LogP) is 5.43. The highest BCUT2D eigenvalue weighted by Crippen LogP contribution is 2.55. The summed E-state index contributed by atoms with van der Waals surface area (Å²) in [5.41, 5.74) is -0.972. The third-order valence-corrected chi connectivity index (χ3v) is 7.03. The predicted molar refractivity (Wildman–Crippen MR) is 110 cm³/mol. The minimum Gasteiger partial charge on any atom is -0.494 e. The Balaban J connectivity index is 1.35. The van der Waals surface area contributed by atoms with E-state index in [0.717, 1.165) is 32.1 Å². The van der Waals surface area contributed by atoms with Crippen molar-refractivity contribution in [1.29, 1.82) is 0 Å². The second kappa shape index (κ2) is 7.50. The molecular weight excluding hydrogens is 447 g/mol. The lowest BCUT2D eigenvalue weighted by Gasteiger charge is -2.55. The topological polar surface area (TPSA) is 73.3 Å². The molecule has 32 heavy (non-hydrogen) atoms. The van der Waals surface area contributed by atoms with Crippen LogP contribution in [-0.2, 0) is 11.0 Å². The van der Waals surface area contributed by atoms with Crippen LogP contribution in [0.5, 0.6) is 11.5 Å². The number of rotatable bonds is 5. The molecule has 6 nitrogen and oxygen atoms in total. The second-order valence-corrected chi connectivity index (χ2v) is 9.27. The van der Waals surface area contributed by atoms with E-state index < -0.39 is 16.9 Å². The maximum absolute atomic E-state index is 12.9. The third kappa shape index (κ3) is 3.76. The number of halogens is 4. The van der Waals surface area contributed by atoms with Crippen LogP contribution in [0.25, 0.3) is 0 Å². The van der Waals surface area contributed by atoms with Crippen molar-refractivity contribution < 1.29 is 27.4 Å². The first-order chi connectivity index (χ1) is 15.2. The van der Waals surface area contributed by atoms with E-state index in [1.54, 1.807) is 18.2 Å². The number of ketones is 1. The lowest BCUT2D eigenvalue weighted by atomic mass is 9.53. The fourth-order valence-electron chi connectivity index (χ4n) is 5.62. The lowest BCUT2D eigenvalue weighted by Crippen LogP contribution is -2.57. The molecule has 4 aliphatic rings. The van der Waals surface area contributed by atoms with E-state index in [4.69, 9.17) is 21.1 Å². The van der Waals surface area contributed by atoms with Crippen LogP contribution in [0.2, 0.25) is 5.15 Å². The van der Waals surface area contributed by atoms with Gasteiger partial charge in [-0.15, -0.1) is 0 Å². The highest BCUT2D eigenvalue weighted by molar-refractivity contribution is 6.30. The molecule has 2 atom stereocenters. The normalized spacial score (nSPS) is 28.7. The highest BCUT2D eigenvalue weighted by Gasteiger charge is 2.56. The van der Waals surface area contributed by atoms with E-state index in [2.05, 4.69) is 15.3 Å². The van der Waals surface area contributed by atoms with E-state index in [-0.39, 0.29) is 23.4 Å². The quantitative estimate of drug-likeness (QED) is 0.591. The molecule has 170 valence electrons. The zero-order valence-corrected chi connectivity index (χ0v) is 18.0. The van der Waals surface area contributed by atoms with Crippen molar-refractivity contribution in [3.8, 4) is 11.5 Å². The standard InChI is InChI=1S/C22H21ClF3N3O3/c1-31-17-6-14(32-21-7-11-4-12(8-21)18(30)13(5-11)9-21)2-3-16(17)28-20-27-10-15(19(23)29-20)22(24,25)26/h2-3,6,10-13H,4-5,7-9H2,1H3,(H,27,28,29). The molecule has 10 heteroatoms. The number of alkyl halides is 3. The molecule has 0 aliphatic heterocycles. The van der Waals surface area contributed by atoms with Gasteiger partial charge in [-0.05, 0) is 50.2 Å². The van der Waals surface area contributed by atoms with Gasteiger partial charge in [-0.1, -0.05) is 11.6 Å². The van der Waals surface area contributed by atoms with E-state index in [1.165, 1.54) is 7.11 Å². The van der Waals surface area contributed by atoms with E-state index >= 15 is 0 Å². The smallest absolute Gasteiger partial charge is 0.420 e. The van der Waals surface area contributed by atoms with Gasteiger partial charge in [-0.2, -0.15) is 13.2 Å². The molecule has 1 N–H and O–H groups in total. The van der Waals surface area contributed by atoms with Crippen LogP contribution in [0.1, 0.15) is 37.7 Å². The van der Waals surface area contributed by atoms with Crippen molar-refractivity contribution in [1.82, 2.24) is 9.97 Å². The number of hydrogen-bond donors (Lipinski definition) is 1. The summed E-state index contributed by atoms with van der Waals surface area (Å²) in [7, 11) is 1.48. The highest BCUT2D eigenvalue weighted by atomic mass is 35.5. The van der Waals surface area contributed by atoms with Gasteiger partial charge < -0.3 is 14.8 Å². The van der Waals surface area contributed by atoms with Crippen molar-refractivity contribution in [2.45, 2.75) is 43.9 Å². The number of methoxy groups -OCH3 is 1. The first-order valence-corrected chi connectivity index (χ1v) is 10.8. The van der Waals surface area contributed by atoms with E-state index in [9.17, 15) is 18.0 Å². The molecule has 1 aromatic heterocycles. The molecule has 0 saturated heterocycles. The summed E-state index contributed by atoms with van der Waals surface area (Å²) in [5.74, 6) is 2.09. The van der Waals surface area contributed by atoms with Gasteiger partial charge in [-0.3, -0.25) is 4.79 Å². The van der Waals surface area contributed by atoms with Crippen LogP contribution < -0.4 is 14.8 Å². The Morgan fingerprint density at radius 1 is 1.19 bits per heavy atom. The van der Waals surface area contributed by atoms with Crippen LogP contribution >= 0.6 is 11.6 Å². The number of nitrogens with one attached hydrogen (secondary N) is 1. The van der Waals surface area contributed by atoms with Crippen molar-refractivity contribution in [3.05, 3.63) is 35.1 Å². The summed E-state index contributed by atoms with van der Waals surface area (Å²) in [6.07, 6.45) is 0.403. The molecule has 0 amide bonds. The largest absolute Gasteiger partial charge is 0.494 e. The summed E-state index contributed by atoms with van der Waals surface area (Å²) in [6, 6.07) is 5.17. The number of ether oxygens (including phenoxy) is 2. The first kappa shape index (κ1) is 21.3. The van der Waals surface area contributed by atoms with Gasteiger partial charge in [0.1, 0.15) is 33.6 Å². The summed E-state index contributed by atoms with van der Waals surface area (Å²) < 4.78 is 50.5. The SMILES string of the molecule is COc1cc(OC23CC4CC(C2)C(=O)C(C4)C3)ccc1Nc1ncc(C(F)(F)F)c(Cl)n1. The molecule has 4 aliphatic carbocycles. The minimum atomic E-state index is -4.63. The van der Waals surface area contributed by atoms with Gasteiger partial charge in [-0.25, -0.2) is 9.97 Å². The fourth-order valence-corrected chi connectivity index (χ4v) is 5.86. The molecular formula is C22H21ClF3N3O3. The number of Topliss-reactive ketones (excluding diaryl/α,β-unsaturated/α-hetero) is 1. The van der Waals surface area contributed by atoms with Crippen molar-refractivity contribution >= 4 is 29.0 Å². The van der Waals surface area contributed by atoms with Gasteiger partial charge in [0.2, 0.25) is 5.95 Å². The first-order valence-electron chi connectivity index (χ1n) is 10.4. The monoisotopic (exact) mass is 467 g/mol. The Hall–Kier alpha value is -2.55. The Bertz CT molecular complexity index is 1060. The van der Waals surface area contributed by atoms with E-state index in [0.29, 0.717) is 35.1 Å². The maximum Gasteiger partial charge on any atom is 0.420 e. The molecule has 0 spiro atoms. The molecule has 6 rings (SSSR count).